The Labute approximate surface area is 171 Å². The highest BCUT2D eigenvalue weighted by Crippen LogP contribution is 2.35. The number of hydrogen-bond donors (Lipinski definition) is 2. The largest absolute Gasteiger partial charge is 0.404 e. The van der Waals surface area contributed by atoms with Gasteiger partial charge in [0.25, 0.3) is 5.91 Å². The Kier molecular flexibility index (Phi) is 5.31. The summed E-state index contributed by atoms with van der Waals surface area (Å²) in [6.45, 7) is 0.372. The van der Waals surface area contributed by atoms with Crippen LogP contribution in [0.3, 0.4) is 0 Å². The van der Waals surface area contributed by atoms with Crippen molar-refractivity contribution in [1.82, 2.24) is 15.1 Å². The zero-order valence-electron chi connectivity index (χ0n) is 16.2. The quantitative estimate of drug-likeness (QED) is 0.714. The number of rotatable bonds is 3. The van der Waals surface area contributed by atoms with E-state index in [1.165, 1.54) is 9.80 Å². The highest BCUT2D eigenvalue weighted by Gasteiger charge is 2.47. The van der Waals surface area contributed by atoms with Crippen LogP contribution in [0.25, 0.3) is 0 Å². The van der Waals surface area contributed by atoms with Crippen LogP contribution in [0.2, 0.25) is 0 Å². The van der Waals surface area contributed by atoms with Gasteiger partial charge in [0.15, 0.2) is 0 Å². The molecule has 3 amide bonds. The van der Waals surface area contributed by atoms with E-state index in [1.54, 1.807) is 18.2 Å². The first kappa shape index (κ1) is 20.8. The standard InChI is InChI=1S/C20H23F3N4O3/c21-20(22,23)15-8-13(24)6-7-26(15)9-11-2-1-3-12-10-27(19(30)17(11)12)14-4-5-16(28)25-18(14)29/h1-3,13-15H,4-10,24H2,(H,25,28,29)/t13-,14?,15+/m1/s1. The fraction of sp³-hybridized carbons (Fsp3) is 0.550. The number of alkyl halides is 3. The summed E-state index contributed by atoms with van der Waals surface area (Å²) >= 11 is 0. The molecule has 3 N–H and O–H groups in total. The second-order valence-electron chi connectivity index (χ2n) is 8.16. The normalized spacial score (nSPS) is 27.9. The minimum absolute atomic E-state index is 0.0189. The Morgan fingerprint density at radius 1 is 1.17 bits per heavy atom. The lowest BCUT2D eigenvalue weighted by Gasteiger charge is -2.39. The minimum atomic E-state index is -4.40. The molecule has 0 bridgehead atoms. The molecular weight excluding hydrogens is 401 g/mol. The molecule has 1 unspecified atom stereocenters. The minimum Gasteiger partial charge on any atom is -0.328 e. The molecule has 3 aliphatic heterocycles. The lowest BCUT2D eigenvalue weighted by atomic mass is 9.95. The van der Waals surface area contributed by atoms with Crippen LogP contribution in [0.15, 0.2) is 18.2 Å². The molecule has 0 saturated carbocycles. The first-order valence-corrected chi connectivity index (χ1v) is 9.97. The summed E-state index contributed by atoms with van der Waals surface area (Å²) in [5.41, 5.74) is 7.31. The summed E-state index contributed by atoms with van der Waals surface area (Å²) in [5, 5.41) is 2.24. The number of imide groups is 1. The van der Waals surface area contributed by atoms with Gasteiger partial charge in [0.1, 0.15) is 12.1 Å². The highest BCUT2D eigenvalue weighted by atomic mass is 19.4. The summed E-state index contributed by atoms with van der Waals surface area (Å²) in [4.78, 5) is 39.5. The van der Waals surface area contributed by atoms with Crippen LogP contribution < -0.4 is 11.1 Å². The predicted octanol–water partition coefficient (Wildman–Crippen LogP) is 1.30. The molecule has 2 saturated heterocycles. The third-order valence-electron chi connectivity index (χ3n) is 6.14. The van der Waals surface area contributed by atoms with Crippen molar-refractivity contribution in [3.63, 3.8) is 0 Å². The number of likely N-dealkylation sites (tertiary alicyclic amines) is 1. The molecular formula is C20H23F3N4O3. The van der Waals surface area contributed by atoms with Gasteiger partial charge in [0.2, 0.25) is 11.8 Å². The number of piperidine rings is 2. The molecule has 3 heterocycles. The Balaban J connectivity index is 1.58. The molecule has 3 atom stereocenters. The van der Waals surface area contributed by atoms with E-state index >= 15 is 0 Å². The van der Waals surface area contributed by atoms with Gasteiger partial charge >= 0.3 is 6.18 Å². The van der Waals surface area contributed by atoms with E-state index in [0.29, 0.717) is 23.1 Å². The van der Waals surface area contributed by atoms with Gasteiger partial charge in [-0.15, -0.1) is 0 Å². The Hall–Kier alpha value is -2.46. The lowest BCUT2D eigenvalue weighted by molar-refractivity contribution is -0.194. The summed E-state index contributed by atoms with van der Waals surface area (Å²) in [5.74, 6) is -1.27. The van der Waals surface area contributed by atoms with Crippen molar-refractivity contribution in [2.75, 3.05) is 6.54 Å². The molecule has 0 aliphatic carbocycles. The van der Waals surface area contributed by atoms with Crippen molar-refractivity contribution < 1.29 is 27.6 Å². The van der Waals surface area contributed by atoms with Gasteiger partial charge in [-0.3, -0.25) is 24.6 Å². The van der Waals surface area contributed by atoms with Crippen LogP contribution >= 0.6 is 0 Å². The number of halogens is 3. The van der Waals surface area contributed by atoms with Crippen molar-refractivity contribution in [1.29, 1.82) is 0 Å². The van der Waals surface area contributed by atoms with E-state index in [1.807, 2.05) is 0 Å². The molecule has 1 aromatic rings. The van der Waals surface area contributed by atoms with Gasteiger partial charge in [0, 0.05) is 37.7 Å². The van der Waals surface area contributed by atoms with Gasteiger partial charge < -0.3 is 10.6 Å². The number of nitrogens with one attached hydrogen (secondary N) is 1. The molecule has 4 rings (SSSR count). The third kappa shape index (κ3) is 3.81. The number of benzene rings is 1. The molecule has 2 fully saturated rings. The van der Waals surface area contributed by atoms with E-state index < -0.39 is 30.2 Å². The smallest absolute Gasteiger partial charge is 0.328 e. The Bertz CT molecular complexity index is 889. The van der Waals surface area contributed by atoms with Crippen molar-refractivity contribution in [2.45, 2.75) is 63.1 Å². The van der Waals surface area contributed by atoms with Gasteiger partial charge in [-0.25, -0.2) is 0 Å². The van der Waals surface area contributed by atoms with E-state index in [2.05, 4.69) is 5.32 Å². The van der Waals surface area contributed by atoms with Crippen LogP contribution in [0.1, 0.15) is 47.2 Å². The maximum atomic E-state index is 13.6. The monoisotopic (exact) mass is 424 g/mol. The average Bonchev–Trinajstić information content (AvgIpc) is 3.00. The second-order valence-corrected chi connectivity index (χ2v) is 8.16. The summed E-state index contributed by atoms with van der Waals surface area (Å²) in [6.07, 6.45) is -3.74. The molecule has 10 heteroatoms. The number of nitrogens with two attached hydrogens (primary N) is 1. The van der Waals surface area contributed by atoms with Gasteiger partial charge in [-0.1, -0.05) is 18.2 Å². The van der Waals surface area contributed by atoms with Crippen molar-refractivity contribution >= 4 is 17.7 Å². The summed E-state index contributed by atoms with van der Waals surface area (Å²) < 4.78 is 40.7. The van der Waals surface area contributed by atoms with Gasteiger partial charge in [-0.2, -0.15) is 13.2 Å². The maximum Gasteiger partial charge on any atom is 0.404 e. The molecule has 1 aromatic carbocycles. The van der Waals surface area contributed by atoms with Crippen LogP contribution in [0, 0.1) is 0 Å². The second kappa shape index (κ2) is 7.66. The Morgan fingerprint density at radius 2 is 1.93 bits per heavy atom. The number of amides is 3. The fourth-order valence-electron chi connectivity index (χ4n) is 4.61. The van der Waals surface area contributed by atoms with E-state index in [-0.39, 0.29) is 50.7 Å². The first-order chi connectivity index (χ1) is 14.1. The molecule has 0 radical (unpaired) electrons. The van der Waals surface area contributed by atoms with Gasteiger partial charge in [-0.05, 0) is 30.4 Å². The molecule has 30 heavy (non-hydrogen) atoms. The number of carbonyl (C=O) groups is 3. The van der Waals surface area contributed by atoms with E-state index in [4.69, 9.17) is 5.73 Å². The van der Waals surface area contributed by atoms with Crippen LogP contribution in [0.5, 0.6) is 0 Å². The fourth-order valence-corrected chi connectivity index (χ4v) is 4.61. The number of carbonyl (C=O) groups excluding carboxylic acids is 3. The van der Waals surface area contributed by atoms with Crippen LogP contribution in [-0.4, -0.2) is 58.4 Å². The van der Waals surface area contributed by atoms with Gasteiger partial charge in [0.05, 0.1) is 0 Å². The first-order valence-electron chi connectivity index (χ1n) is 9.97. The van der Waals surface area contributed by atoms with Crippen molar-refractivity contribution in [3.05, 3.63) is 34.9 Å². The predicted molar refractivity (Wildman–Crippen MR) is 99.9 cm³/mol. The van der Waals surface area contributed by atoms with Crippen LogP contribution in [0.4, 0.5) is 13.2 Å². The molecule has 7 nitrogen and oxygen atoms in total. The van der Waals surface area contributed by atoms with E-state index in [0.717, 1.165) is 0 Å². The van der Waals surface area contributed by atoms with Crippen molar-refractivity contribution in [3.8, 4) is 0 Å². The lowest BCUT2D eigenvalue weighted by Crippen LogP contribution is -2.53. The van der Waals surface area contributed by atoms with Crippen LogP contribution in [-0.2, 0) is 22.7 Å². The molecule has 3 aliphatic rings. The maximum absolute atomic E-state index is 13.6. The topological polar surface area (TPSA) is 95.7 Å². The molecule has 0 spiro atoms. The molecule has 0 aromatic heterocycles. The molecule has 162 valence electrons. The van der Waals surface area contributed by atoms with E-state index in [9.17, 15) is 27.6 Å². The highest BCUT2D eigenvalue weighted by molar-refractivity contribution is 6.05. The Morgan fingerprint density at radius 3 is 2.63 bits per heavy atom. The SMILES string of the molecule is N[C@@H]1CCN(Cc2cccc3c2C(=O)N(C2CCC(=O)NC2=O)C3)[C@H](C(F)(F)F)C1. The summed E-state index contributed by atoms with van der Waals surface area (Å²) in [7, 11) is 0. The number of hydrogen-bond acceptors (Lipinski definition) is 5. The average molecular weight is 424 g/mol. The zero-order chi connectivity index (χ0) is 21.6. The zero-order valence-corrected chi connectivity index (χ0v) is 16.2. The van der Waals surface area contributed by atoms with Crippen molar-refractivity contribution in [2.24, 2.45) is 5.73 Å². The third-order valence-corrected chi connectivity index (χ3v) is 6.14. The summed E-state index contributed by atoms with van der Waals surface area (Å²) in [6, 6.07) is 2.21. The number of fused-ring (bicyclic) bond motifs is 1. The number of nitrogens with zero attached hydrogens (tertiary/aromatic N) is 2.